The molecule has 4 N–H and O–H groups in total. The van der Waals surface area contributed by atoms with E-state index in [1.54, 1.807) is 24.3 Å². The molecule has 0 aliphatic carbocycles. The number of thioether (sulfide) groups is 1. The lowest BCUT2D eigenvalue weighted by Gasteiger charge is -2.31. The Kier molecular flexibility index (Phi) is 10.2. The van der Waals surface area contributed by atoms with Gasteiger partial charge < -0.3 is 20.6 Å². The van der Waals surface area contributed by atoms with Crippen LogP contribution in [0, 0.1) is 5.92 Å². The molecule has 204 valence electrons. The summed E-state index contributed by atoms with van der Waals surface area (Å²) in [6, 6.07) is 18.5. The minimum atomic E-state index is -3.93. The molecule has 0 fully saturated rings. The van der Waals surface area contributed by atoms with E-state index in [1.807, 2.05) is 50.4 Å². The van der Waals surface area contributed by atoms with Crippen molar-refractivity contribution < 1.29 is 28.5 Å². The minimum absolute atomic E-state index is 0.0152. The molecular formula is C28H34N2O6S2. The maximum Gasteiger partial charge on any atom is 0.255 e. The summed E-state index contributed by atoms with van der Waals surface area (Å²) in [4.78, 5) is 14.1. The van der Waals surface area contributed by atoms with Crippen LogP contribution in [0.2, 0.25) is 0 Å². The summed E-state index contributed by atoms with van der Waals surface area (Å²) >= 11 is 1.51. The highest BCUT2D eigenvalue weighted by Crippen LogP contribution is 2.24. The van der Waals surface area contributed by atoms with Crippen molar-refractivity contribution in [3.05, 3.63) is 83.9 Å². The third-order valence-corrected chi connectivity index (χ3v) is 8.55. The Morgan fingerprint density at radius 2 is 1.63 bits per heavy atom. The molecule has 0 saturated carbocycles. The van der Waals surface area contributed by atoms with Crippen LogP contribution in [0.3, 0.4) is 0 Å². The second-order valence-electron chi connectivity index (χ2n) is 9.43. The van der Waals surface area contributed by atoms with E-state index in [2.05, 4.69) is 5.32 Å². The molecule has 0 unspecified atom stereocenters. The van der Waals surface area contributed by atoms with Crippen LogP contribution in [-0.4, -0.2) is 65.4 Å². The standard InChI is InChI=1S/C28H34N2O6S2/c1-19(2)17-30(38(35,36)23-12-10-22(37-3)11-13-23)18-27(33)25(15-20-7-5-4-6-8-20)29-28(34)24-14-9-21(31)16-26(24)32/h4-14,16,19,25,27,31-33H,15,17-18H2,1-3H3,(H,29,34)/t25-,27+/m0/s1. The van der Waals surface area contributed by atoms with E-state index in [0.717, 1.165) is 16.5 Å². The summed E-state index contributed by atoms with van der Waals surface area (Å²) in [5.74, 6) is -1.28. The molecule has 0 aliphatic rings. The maximum absolute atomic E-state index is 13.6. The van der Waals surface area contributed by atoms with Gasteiger partial charge >= 0.3 is 0 Å². The number of hydrogen-bond donors (Lipinski definition) is 4. The first-order chi connectivity index (χ1) is 18.0. The molecule has 10 heteroatoms. The number of carbonyl (C=O) groups excluding carboxylic acids is 1. The second kappa shape index (κ2) is 13.1. The maximum atomic E-state index is 13.6. The molecule has 1 amide bonds. The molecule has 0 saturated heterocycles. The SMILES string of the molecule is CSc1ccc(S(=O)(=O)N(CC(C)C)C[C@@H](O)[C@H](Cc2ccccc2)NC(=O)c2ccc(O)cc2O)cc1. The number of rotatable bonds is 12. The number of amides is 1. The average Bonchev–Trinajstić information content (AvgIpc) is 2.88. The van der Waals surface area contributed by atoms with Crippen LogP contribution >= 0.6 is 11.8 Å². The van der Waals surface area contributed by atoms with Crippen LogP contribution in [0.25, 0.3) is 0 Å². The van der Waals surface area contributed by atoms with Gasteiger partial charge in [0.2, 0.25) is 10.0 Å². The highest BCUT2D eigenvalue weighted by molar-refractivity contribution is 7.98. The predicted octanol–water partition coefficient (Wildman–Crippen LogP) is 3.87. The first kappa shape index (κ1) is 29.5. The lowest BCUT2D eigenvalue weighted by Crippen LogP contribution is -2.51. The number of benzene rings is 3. The second-order valence-corrected chi connectivity index (χ2v) is 12.2. The molecule has 0 bridgehead atoms. The Hall–Kier alpha value is -3.05. The average molecular weight is 559 g/mol. The van der Waals surface area contributed by atoms with Gasteiger partial charge in [-0.3, -0.25) is 4.79 Å². The molecule has 3 rings (SSSR count). The fraction of sp³-hybridized carbons (Fsp3) is 0.321. The van der Waals surface area contributed by atoms with Gasteiger partial charge in [0.1, 0.15) is 11.5 Å². The summed E-state index contributed by atoms with van der Waals surface area (Å²) < 4.78 is 28.4. The van der Waals surface area contributed by atoms with E-state index >= 15 is 0 Å². The first-order valence-electron chi connectivity index (χ1n) is 12.2. The van der Waals surface area contributed by atoms with Gasteiger partial charge in [-0.05, 0) is 60.6 Å². The zero-order chi connectivity index (χ0) is 27.9. The number of aliphatic hydroxyl groups is 1. The summed E-state index contributed by atoms with van der Waals surface area (Å²) in [7, 11) is -3.93. The van der Waals surface area contributed by atoms with E-state index in [0.29, 0.717) is 0 Å². The Morgan fingerprint density at radius 3 is 2.21 bits per heavy atom. The molecule has 3 aromatic carbocycles. The van der Waals surface area contributed by atoms with Crippen molar-refractivity contribution >= 4 is 27.7 Å². The number of hydrogen-bond acceptors (Lipinski definition) is 7. The van der Waals surface area contributed by atoms with E-state index in [9.17, 15) is 28.5 Å². The van der Waals surface area contributed by atoms with Gasteiger partial charge in [-0.15, -0.1) is 11.8 Å². The predicted molar refractivity (Wildman–Crippen MR) is 149 cm³/mol. The van der Waals surface area contributed by atoms with Gasteiger partial charge in [-0.2, -0.15) is 4.31 Å². The molecule has 2 atom stereocenters. The smallest absolute Gasteiger partial charge is 0.255 e. The van der Waals surface area contributed by atoms with E-state index in [1.165, 1.54) is 28.2 Å². The zero-order valence-electron chi connectivity index (χ0n) is 21.6. The van der Waals surface area contributed by atoms with Crippen LogP contribution in [0.4, 0.5) is 0 Å². The highest BCUT2D eigenvalue weighted by Gasteiger charge is 2.31. The summed E-state index contributed by atoms with van der Waals surface area (Å²) in [5.41, 5.74) is 0.756. The lowest BCUT2D eigenvalue weighted by atomic mass is 10.00. The lowest BCUT2D eigenvalue weighted by molar-refractivity contribution is 0.0773. The number of carbonyl (C=O) groups is 1. The number of phenols is 2. The van der Waals surface area contributed by atoms with Crippen molar-refractivity contribution in [1.29, 1.82) is 0 Å². The van der Waals surface area contributed by atoms with Gasteiger partial charge in [0.05, 0.1) is 22.6 Å². The van der Waals surface area contributed by atoms with Crippen molar-refractivity contribution in [2.75, 3.05) is 19.3 Å². The Bertz CT molecular complexity index is 1310. The Balaban J connectivity index is 1.90. The van der Waals surface area contributed by atoms with Crippen molar-refractivity contribution in [1.82, 2.24) is 9.62 Å². The van der Waals surface area contributed by atoms with E-state index < -0.39 is 33.8 Å². The molecular weight excluding hydrogens is 524 g/mol. The van der Waals surface area contributed by atoms with Crippen LogP contribution in [-0.2, 0) is 16.4 Å². The number of aromatic hydroxyl groups is 2. The van der Waals surface area contributed by atoms with Crippen LogP contribution < -0.4 is 5.32 Å². The van der Waals surface area contributed by atoms with Crippen LogP contribution in [0.15, 0.2) is 82.6 Å². The zero-order valence-corrected chi connectivity index (χ0v) is 23.2. The van der Waals surface area contributed by atoms with Crippen molar-refractivity contribution in [2.45, 2.75) is 42.2 Å². The van der Waals surface area contributed by atoms with Gasteiger partial charge in [0, 0.05) is 24.1 Å². The molecule has 0 aliphatic heterocycles. The highest BCUT2D eigenvalue weighted by atomic mass is 32.2. The summed E-state index contributed by atoms with van der Waals surface area (Å²) in [5, 5.41) is 33.8. The number of aliphatic hydroxyl groups excluding tert-OH is 1. The molecule has 0 aromatic heterocycles. The van der Waals surface area contributed by atoms with Crippen molar-refractivity contribution in [3.63, 3.8) is 0 Å². The molecule has 3 aromatic rings. The van der Waals surface area contributed by atoms with Crippen molar-refractivity contribution in [3.8, 4) is 11.5 Å². The number of nitrogens with zero attached hydrogens (tertiary/aromatic N) is 1. The molecule has 8 nitrogen and oxygen atoms in total. The molecule has 0 spiro atoms. The summed E-state index contributed by atoms with van der Waals surface area (Å²) in [6.45, 7) is 3.71. The Morgan fingerprint density at radius 1 is 0.974 bits per heavy atom. The van der Waals surface area contributed by atoms with Crippen molar-refractivity contribution in [2.24, 2.45) is 5.92 Å². The fourth-order valence-electron chi connectivity index (χ4n) is 4.02. The van der Waals surface area contributed by atoms with Gasteiger partial charge in [-0.25, -0.2) is 8.42 Å². The van der Waals surface area contributed by atoms with E-state index in [-0.39, 0.29) is 41.6 Å². The molecule has 0 radical (unpaired) electrons. The summed E-state index contributed by atoms with van der Waals surface area (Å²) in [6.07, 6.45) is 0.867. The first-order valence-corrected chi connectivity index (χ1v) is 14.9. The molecule has 0 heterocycles. The Labute approximate surface area is 228 Å². The monoisotopic (exact) mass is 558 g/mol. The van der Waals surface area contributed by atoms with Gasteiger partial charge in [0.25, 0.3) is 5.91 Å². The van der Waals surface area contributed by atoms with E-state index in [4.69, 9.17) is 0 Å². The minimum Gasteiger partial charge on any atom is -0.508 e. The van der Waals surface area contributed by atoms with Gasteiger partial charge in [0.15, 0.2) is 0 Å². The quantitative estimate of drug-likeness (QED) is 0.249. The number of sulfonamides is 1. The van der Waals surface area contributed by atoms with Gasteiger partial charge in [-0.1, -0.05) is 44.2 Å². The van der Waals surface area contributed by atoms with Crippen LogP contribution in [0.1, 0.15) is 29.8 Å². The third-order valence-electron chi connectivity index (χ3n) is 5.96. The third kappa shape index (κ3) is 7.73. The number of phenolic OH excluding ortho intramolecular Hbond substituents is 2. The largest absolute Gasteiger partial charge is 0.508 e. The number of nitrogens with one attached hydrogen (secondary N) is 1. The topological polar surface area (TPSA) is 127 Å². The van der Waals surface area contributed by atoms with Crippen LogP contribution in [0.5, 0.6) is 11.5 Å². The fourth-order valence-corrected chi connectivity index (χ4v) is 6.05. The normalized spacial score (nSPS) is 13.4. The molecule has 38 heavy (non-hydrogen) atoms.